The Morgan fingerprint density at radius 2 is 2.07 bits per heavy atom. The molecule has 0 aromatic carbocycles. The molecular formula is C18H20ClF2N7. The molecule has 1 unspecified atom stereocenters. The van der Waals surface area contributed by atoms with Crippen LogP contribution in [0.2, 0.25) is 5.15 Å². The molecule has 0 spiro atoms. The monoisotopic (exact) mass is 407 g/mol. The molecule has 0 aliphatic carbocycles. The number of pyridine rings is 1. The van der Waals surface area contributed by atoms with Gasteiger partial charge in [0, 0.05) is 50.6 Å². The second kappa shape index (κ2) is 6.89. The first-order valence-electron chi connectivity index (χ1n) is 8.91. The molecule has 0 N–H and O–H groups in total. The Bertz CT molecular complexity index is 1010. The summed E-state index contributed by atoms with van der Waals surface area (Å²) in [5, 5.41) is 5.78. The van der Waals surface area contributed by atoms with Crippen molar-refractivity contribution in [3.05, 3.63) is 35.5 Å². The fourth-order valence-corrected chi connectivity index (χ4v) is 3.56. The summed E-state index contributed by atoms with van der Waals surface area (Å²) in [4.78, 5) is 16.3. The van der Waals surface area contributed by atoms with Gasteiger partial charge >= 0.3 is 5.92 Å². The van der Waals surface area contributed by atoms with Crippen molar-refractivity contribution in [2.24, 2.45) is 0 Å². The number of alkyl halides is 2. The lowest BCUT2D eigenvalue weighted by atomic mass is 10.2. The van der Waals surface area contributed by atoms with Gasteiger partial charge in [0.05, 0.1) is 10.9 Å². The highest BCUT2D eigenvalue weighted by Crippen LogP contribution is 2.32. The second-order valence-corrected chi connectivity index (χ2v) is 7.63. The lowest BCUT2D eigenvalue weighted by molar-refractivity contribution is 0.00764. The normalized spacial score (nSPS) is 17.8. The fraction of sp³-hybridized carbons (Fsp3) is 0.444. The molecule has 0 bridgehead atoms. The predicted octanol–water partition coefficient (Wildman–Crippen LogP) is 3.12. The zero-order valence-corrected chi connectivity index (χ0v) is 16.5. The third-order valence-corrected chi connectivity index (χ3v) is 5.16. The SMILES string of the molecule is CN(C)C1CCN(c2nn(-c3ccnc(C(C)(F)F)n3)c3cc(Cl)ncc23)C1. The van der Waals surface area contributed by atoms with Gasteiger partial charge in [-0.3, -0.25) is 0 Å². The molecule has 0 amide bonds. The van der Waals surface area contributed by atoms with Crippen molar-refractivity contribution in [3.8, 4) is 5.82 Å². The van der Waals surface area contributed by atoms with Crippen molar-refractivity contribution in [2.45, 2.75) is 25.3 Å². The maximum Gasteiger partial charge on any atom is 0.303 e. The predicted molar refractivity (Wildman–Crippen MR) is 103 cm³/mol. The lowest BCUT2D eigenvalue weighted by Crippen LogP contribution is -2.31. The van der Waals surface area contributed by atoms with E-state index in [2.05, 4.69) is 43.9 Å². The molecule has 1 aliphatic rings. The van der Waals surface area contributed by atoms with Crippen molar-refractivity contribution in [1.29, 1.82) is 0 Å². The van der Waals surface area contributed by atoms with Crippen LogP contribution in [0.15, 0.2) is 24.5 Å². The molecule has 3 aromatic heterocycles. The highest BCUT2D eigenvalue weighted by Gasteiger charge is 2.30. The van der Waals surface area contributed by atoms with Crippen LogP contribution in [-0.4, -0.2) is 62.9 Å². The van der Waals surface area contributed by atoms with Crippen LogP contribution in [0.4, 0.5) is 14.6 Å². The van der Waals surface area contributed by atoms with Gasteiger partial charge in [0.25, 0.3) is 0 Å². The number of hydrogen-bond acceptors (Lipinski definition) is 6. The van der Waals surface area contributed by atoms with E-state index in [-0.39, 0.29) is 5.82 Å². The Kier molecular flexibility index (Phi) is 4.67. The first-order valence-corrected chi connectivity index (χ1v) is 9.29. The average molecular weight is 408 g/mol. The molecule has 1 saturated heterocycles. The molecule has 0 radical (unpaired) electrons. The van der Waals surface area contributed by atoms with E-state index < -0.39 is 11.7 Å². The summed E-state index contributed by atoms with van der Waals surface area (Å²) in [6.07, 6.45) is 3.99. The van der Waals surface area contributed by atoms with Gasteiger partial charge in [-0.2, -0.15) is 8.78 Å². The van der Waals surface area contributed by atoms with Crippen molar-refractivity contribution in [2.75, 3.05) is 32.1 Å². The molecule has 1 atom stereocenters. The molecule has 4 heterocycles. The average Bonchev–Trinajstić information content (AvgIpc) is 3.25. The first kappa shape index (κ1) is 18.9. The molecule has 7 nitrogen and oxygen atoms in total. The van der Waals surface area contributed by atoms with E-state index in [0.717, 1.165) is 37.6 Å². The van der Waals surface area contributed by atoms with Gasteiger partial charge in [-0.1, -0.05) is 11.6 Å². The van der Waals surface area contributed by atoms with E-state index in [4.69, 9.17) is 11.6 Å². The fourth-order valence-electron chi connectivity index (χ4n) is 3.41. The van der Waals surface area contributed by atoms with Gasteiger partial charge in [-0.05, 0) is 20.5 Å². The summed E-state index contributed by atoms with van der Waals surface area (Å²) in [5.74, 6) is -2.70. The number of halogens is 3. The number of fused-ring (bicyclic) bond motifs is 1. The van der Waals surface area contributed by atoms with Crippen LogP contribution in [-0.2, 0) is 5.92 Å². The Labute approximate surface area is 166 Å². The minimum Gasteiger partial charge on any atom is -0.353 e. The van der Waals surface area contributed by atoms with Crippen LogP contribution < -0.4 is 4.90 Å². The maximum absolute atomic E-state index is 13.7. The Hall–Kier alpha value is -2.39. The zero-order chi connectivity index (χ0) is 20.1. The first-order chi connectivity index (χ1) is 13.2. The minimum absolute atomic E-state index is 0.258. The number of likely N-dealkylation sites (N-methyl/N-ethyl adjacent to an activating group) is 1. The summed E-state index contributed by atoms with van der Waals surface area (Å²) in [6, 6.07) is 3.63. The third kappa shape index (κ3) is 3.40. The highest BCUT2D eigenvalue weighted by atomic mass is 35.5. The van der Waals surface area contributed by atoms with Gasteiger partial charge in [-0.15, -0.1) is 5.10 Å². The van der Waals surface area contributed by atoms with Crippen molar-refractivity contribution in [1.82, 2.24) is 29.6 Å². The van der Waals surface area contributed by atoms with Crippen LogP contribution >= 0.6 is 11.6 Å². The standard InChI is InChI=1S/C18H20ClF2N7/c1-18(20,21)17-22-6-4-15(24-17)28-13-8-14(19)23-9-12(13)16(25-28)27-7-5-11(10-27)26(2)3/h4,6,8-9,11H,5,7,10H2,1-3H3. The molecule has 1 fully saturated rings. The van der Waals surface area contributed by atoms with E-state index >= 15 is 0 Å². The highest BCUT2D eigenvalue weighted by molar-refractivity contribution is 6.30. The van der Waals surface area contributed by atoms with Crippen molar-refractivity contribution in [3.63, 3.8) is 0 Å². The number of nitrogens with zero attached hydrogens (tertiary/aromatic N) is 7. The van der Waals surface area contributed by atoms with Crippen LogP contribution in [0.5, 0.6) is 0 Å². The summed E-state index contributed by atoms with van der Waals surface area (Å²) in [5.41, 5.74) is 0.660. The third-order valence-electron chi connectivity index (χ3n) is 4.96. The Morgan fingerprint density at radius 1 is 1.29 bits per heavy atom. The number of aromatic nitrogens is 5. The van der Waals surface area contributed by atoms with Gasteiger partial charge in [0.1, 0.15) is 5.15 Å². The molecular weight excluding hydrogens is 388 g/mol. The molecule has 4 rings (SSSR count). The molecule has 0 saturated carbocycles. The molecule has 10 heteroatoms. The Morgan fingerprint density at radius 3 is 2.75 bits per heavy atom. The van der Waals surface area contributed by atoms with E-state index in [1.165, 1.54) is 10.9 Å². The van der Waals surface area contributed by atoms with Gasteiger partial charge in [0.2, 0.25) is 5.82 Å². The van der Waals surface area contributed by atoms with E-state index in [9.17, 15) is 8.78 Å². The van der Waals surface area contributed by atoms with Gasteiger partial charge in [0.15, 0.2) is 11.6 Å². The summed E-state index contributed by atoms with van der Waals surface area (Å²) >= 11 is 6.09. The molecule has 148 valence electrons. The van der Waals surface area contributed by atoms with E-state index in [1.807, 2.05) is 0 Å². The molecule has 3 aromatic rings. The lowest BCUT2D eigenvalue weighted by Gasteiger charge is -2.20. The smallest absolute Gasteiger partial charge is 0.303 e. The van der Waals surface area contributed by atoms with Crippen LogP contribution in [0.25, 0.3) is 16.7 Å². The molecule has 28 heavy (non-hydrogen) atoms. The Balaban J connectivity index is 1.83. The zero-order valence-electron chi connectivity index (χ0n) is 15.8. The van der Waals surface area contributed by atoms with Gasteiger partial charge in [-0.25, -0.2) is 19.6 Å². The summed E-state index contributed by atoms with van der Waals surface area (Å²) in [6.45, 7) is 2.44. The quantitative estimate of drug-likeness (QED) is 0.619. The number of rotatable bonds is 4. The van der Waals surface area contributed by atoms with Crippen molar-refractivity contribution >= 4 is 28.3 Å². The number of anilines is 1. The molecule has 1 aliphatic heterocycles. The summed E-state index contributed by atoms with van der Waals surface area (Å²) < 4.78 is 28.9. The largest absolute Gasteiger partial charge is 0.353 e. The van der Waals surface area contributed by atoms with E-state index in [1.54, 1.807) is 18.3 Å². The minimum atomic E-state index is -3.14. The van der Waals surface area contributed by atoms with Crippen molar-refractivity contribution < 1.29 is 8.78 Å². The van der Waals surface area contributed by atoms with Crippen LogP contribution in [0.1, 0.15) is 19.2 Å². The summed E-state index contributed by atoms with van der Waals surface area (Å²) in [7, 11) is 4.11. The van der Waals surface area contributed by atoms with Crippen LogP contribution in [0.3, 0.4) is 0 Å². The topological polar surface area (TPSA) is 63.0 Å². The van der Waals surface area contributed by atoms with Crippen LogP contribution in [0, 0.1) is 0 Å². The van der Waals surface area contributed by atoms with E-state index in [0.29, 0.717) is 16.7 Å². The van der Waals surface area contributed by atoms with Gasteiger partial charge < -0.3 is 9.80 Å². The number of hydrogen-bond donors (Lipinski definition) is 0. The maximum atomic E-state index is 13.7. The second-order valence-electron chi connectivity index (χ2n) is 7.24.